The van der Waals surface area contributed by atoms with Gasteiger partial charge in [0.1, 0.15) is 0 Å². The first kappa shape index (κ1) is 13.1. The second kappa shape index (κ2) is 5.25. The SMILES string of the molecule is Cc1ccc2nc(NC(C)Cc3ccc(C)s3)nn2c1. The average Bonchev–Trinajstić information content (AvgIpc) is 2.94. The van der Waals surface area contributed by atoms with Crippen LogP contribution in [-0.2, 0) is 6.42 Å². The molecule has 0 saturated carbocycles. The fraction of sp³-hybridized carbons (Fsp3) is 0.333. The zero-order valence-electron chi connectivity index (χ0n) is 11.9. The summed E-state index contributed by atoms with van der Waals surface area (Å²) < 4.78 is 1.82. The maximum atomic E-state index is 4.48. The molecule has 20 heavy (non-hydrogen) atoms. The van der Waals surface area contributed by atoms with Crippen LogP contribution in [0.25, 0.3) is 5.65 Å². The summed E-state index contributed by atoms with van der Waals surface area (Å²) >= 11 is 1.85. The molecule has 3 rings (SSSR count). The monoisotopic (exact) mass is 286 g/mol. The lowest BCUT2D eigenvalue weighted by Gasteiger charge is -2.10. The molecule has 0 aliphatic heterocycles. The molecule has 0 bridgehead atoms. The second-order valence-electron chi connectivity index (χ2n) is 5.21. The summed E-state index contributed by atoms with van der Waals surface area (Å²) in [7, 11) is 0. The van der Waals surface area contributed by atoms with Gasteiger partial charge in [-0.3, -0.25) is 0 Å². The van der Waals surface area contributed by atoms with Gasteiger partial charge in [-0.2, -0.15) is 4.98 Å². The molecule has 3 aromatic rings. The number of fused-ring (bicyclic) bond motifs is 1. The number of pyridine rings is 1. The van der Waals surface area contributed by atoms with E-state index < -0.39 is 0 Å². The van der Waals surface area contributed by atoms with Crippen molar-refractivity contribution in [3.8, 4) is 0 Å². The Balaban J connectivity index is 1.72. The zero-order chi connectivity index (χ0) is 14.1. The van der Waals surface area contributed by atoms with Gasteiger partial charge in [0.25, 0.3) is 0 Å². The number of thiophene rings is 1. The van der Waals surface area contributed by atoms with E-state index in [1.54, 1.807) is 0 Å². The van der Waals surface area contributed by atoms with Gasteiger partial charge in [0.15, 0.2) is 5.65 Å². The minimum Gasteiger partial charge on any atom is -0.350 e. The zero-order valence-corrected chi connectivity index (χ0v) is 12.7. The largest absolute Gasteiger partial charge is 0.350 e. The molecule has 0 spiro atoms. The summed E-state index contributed by atoms with van der Waals surface area (Å²) in [6, 6.07) is 8.70. The summed E-state index contributed by atoms with van der Waals surface area (Å²) in [4.78, 5) is 7.23. The van der Waals surface area contributed by atoms with E-state index in [1.165, 1.54) is 15.3 Å². The molecule has 0 aliphatic carbocycles. The van der Waals surface area contributed by atoms with Gasteiger partial charge in [-0.25, -0.2) is 4.52 Å². The van der Waals surface area contributed by atoms with Gasteiger partial charge in [-0.15, -0.1) is 16.4 Å². The molecule has 0 radical (unpaired) electrons. The van der Waals surface area contributed by atoms with E-state index in [2.05, 4.69) is 48.3 Å². The van der Waals surface area contributed by atoms with Crippen LogP contribution < -0.4 is 5.32 Å². The van der Waals surface area contributed by atoms with Crippen LogP contribution in [0.2, 0.25) is 0 Å². The highest BCUT2D eigenvalue weighted by atomic mass is 32.1. The fourth-order valence-electron chi connectivity index (χ4n) is 2.22. The number of anilines is 1. The van der Waals surface area contributed by atoms with Crippen molar-refractivity contribution in [2.45, 2.75) is 33.2 Å². The number of nitrogens with one attached hydrogen (secondary N) is 1. The quantitative estimate of drug-likeness (QED) is 0.798. The Morgan fingerprint density at radius 1 is 1.25 bits per heavy atom. The first-order valence-corrected chi connectivity index (χ1v) is 7.57. The molecule has 5 heteroatoms. The highest BCUT2D eigenvalue weighted by Gasteiger charge is 2.09. The highest BCUT2D eigenvalue weighted by molar-refractivity contribution is 7.11. The Bertz CT molecular complexity index is 728. The highest BCUT2D eigenvalue weighted by Crippen LogP contribution is 2.18. The van der Waals surface area contributed by atoms with E-state index in [0.717, 1.165) is 12.1 Å². The second-order valence-corrected chi connectivity index (χ2v) is 6.58. The van der Waals surface area contributed by atoms with E-state index in [9.17, 15) is 0 Å². The Morgan fingerprint density at radius 3 is 2.85 bits per heavy atom. The number of hydrogen-bond acceptors (Lipinski definition) is 4. The Kier molecular flexibility index (Phi) is 3.44. The predicted molar refractivity (Wildman–Crippen MR) is 83.6 cm³/mol. The van der Waals surface area contributed by atoms with Gasteiger partial charge in [0.05, 0.1) is 0 Å². The van der Waals surface area contributed by atoms with Gasteiger partial charge < -0.3 is 5.32 Å². The number of rotatable bonds is 4. The number of nitrogens with zero attached hydrogens (tertiary/aromatic N) is 3. The van der Waals surface area contributed by atoms with Crippen molar-refractivity contribution in [3.05, 3.63) is 45.8 Å². The minimum absolute atomic E-state index is 0.312. The Morgan fingerprint density at radius 2 is 2.10 bits per heavy atom. The summed E-state index contributed by atoms with van der Waals surface area (Å²) in [5.74, 6) is 0.691. The third kappa shape index (κ3) is 2.82. The summed E-state index contributed by atoms with van der Waals surface area (Å²) in [6.45, 7) is 6.35. The maximum Gasteiger partial charge on any atom is 0.243 e. The molecule has 3 heterocycles. The smallest absolute Gasteiger partial charge is 0.243 e. The molecule has 0 aliphatic rings. The first-order chi connectivity index (χ1) is 9.60. The topological polar surface area (TPSA) is 42.2 Å². The van der Waals surface area contributed by atoms with Crippen molar-refractivity contribution in [1.29, 1.82) is 0 Å². The number of aromatic nitrogens is 3. The first-order valence-electron chi connectivity index (χ1n) is 6.75. The van der Waals surface area contributed by atoms with Crippen LogP contribution >= 0.6 is 11.3 Å². The molecule has 0 saturated heterocycles. The van der Waals surface area contributed by atoms with Crippen molar-refractivity contribution in [2.24, 2.45) is 0 Å². The van der Waals surface area contributed by atoms with E-state index in [1.807, 2.05) is 34.2 Å². The van der Waals surface area contributed by atoms with Gasteiger partial charge >= 0.3 is 0 Å². The van der Waals surface area contributed by atoms with Crippen molar-refractivity contribution in [2.75, 3.05) is 5.32 Å². The van der Waals surface area contributed by atoms with Crippen molar-refractivity contribution in [1.82, 2.24) is 14.6 Å². The van der Waals surface area contributed by atoms with Crippen molar-refractivity contribution in [3.63, 3.8) is 0 Å². The minimum atomic E-state index is 0.312. The molecule has 1 unspecified atom stereocenters. The molecule has 104 valence electrons. The maximum absolute atomic E-state index is 4.48. The summed E-state index contributed by atoms with van der Waals surface area (Å²) in [6.07, 6.45) is 2.98. The molecule has 1 atom stereocenters. The number of aryl methyl sites for hydroxylation is 2. The Hall–Kier alpha value is -1.88. The van der Waals surface area contributed by atoms with E-state index in [4.69, 9.17) is 0 Å². The normalized spacial score (nSPS) is 12.8. The van der Waals surface area contributed by atoms with E-state index in [-0.39, 0.29) is 0 Å². The van der Waals surface area contributed by atoms with Gasteiger partial charge in [-0.1, -0.05) is 6.07 Å². The van der Waals surface area contributed by atoms with Crippen LogP contribution in [0.3, 0.4) is 0 Å². The summed E-state index contributed by atoms with van der Waals surface area (Å²) in [5.41, 5.74) is 2.05. The molecule has 3 aromatic heterocycles. The van der Waals surface area contributed by atoms with Crippen LogP contribution in [-0.4, -0.2) is 20.6 Å². The lowest BCUT2D eigenvalue weighted by molar-refractivity contribution is 0.784. The van der Waals surface area contributed by atoms with E-state index in [0.29, 0.717) is 12.0 Å². The molecule has 4 nitrogen and oxygen atoms in total. The van der Waals surface area contributed by atoms with Crippen LogP contribution in [0.4, 0.5) is 5.95 Å². The molecule has 0 amide bonds. The third-order valence-corrected chi connectivity index (χ3v) is 4.18. The van der Waals surface area contributed by atoms with Gasteiger partial charge in [0, 0.05) is 28.4 Å². The molecule has 0 fully saturated rings. The van der Waals surface area contributed by atoms with Crippen molar-refractivity contribution >= 4 is 22.9 Å². The Labute approximate surface area is 122 Å². The lowest BCUT2D eigenvalue weighted by atomic mass is 10.2. The van der Waals surface area contributed by atoms with Crippen LogP contribution in [0, 0.1) is 13.8 Å². The molecule has 0 aromatic carbocycles. The van der Waals surface area contributed by atoms with Crippen molar-refractivity contribution < 1.29 is 0 Å². The van der Waals surface area contributed by atoms with Crippen LogP contribution in [0.15, 0.2) is 30.5 Å². The number of hydrogen-bond donors (Lipinski definition) is 1. The van der Waals surface area contributed by atoms with E-state index >= 15 is 0 Å². The van der Waals surface area contributed by atoms with Gasteiger partial charge in [-0.05, 0) is 44.5 Å². The lowest BCUT2D eigenvalue weighted by Crippen LogP contribution is -2.18. The van der Waals surface area contributed by atoms with Crippen LogP contribution in [0.5, 0.6) is 0 Å². The van der Waals surface area contributed by atoms with Crippen LogP contribution in [0.1, 0.15) is 22.2 Å². The fourth-order valence-corrected chi connectivity index (χ4v) is 3.23. The molecule has 1 N–H and O–H groups in total. The molecular weight excluding hydrogens is 268 g/mol. The van der Waals surface area contributed by atoms with Gasteiger partial charge in [0.2, 0.25) is 5.95 Å². The predicted octanol–water partition coefficient (Wildman–Crippen LogP) is 3.45. The average molecular weight is 286 g/mol. The molecular formula is C15H18N4S. The summed E-state index contributed by atoms with van der Waals surface area (Å²) in [5, 5.41) is 7.83. The third-order valence-electron chi connectivity index (χ3n) is 3.16. The standard InChI is InChI=1S/C15H18N4S/c1-10-4-7-14-17-15(18-19(14)9-10)16-11(2)8-13-6-5-12(3)20-13/h4-7,9,11H,8H2,1-3H3,(H,16,18).